The molecule has 100 valence electrons. The molecule has 0 aliphatic rings. The number of aromatic hydroxyl groups is 1. The number of rotatable bonds is 5. The zero-order valence-electron chi connectivity index (χ0n) is 10.4. The van der Waals surface area contributed by atoms with E-state index in [1.165, 1.54) is 11.3 Å². The van der Waals surface area contributed by atoms with Gasteiger partial charge in [-0.25, -0.2) is 0 Å². The van der Waals surface area contributed by atoms with Crippen LogP contribution in [0.4, 0.5) is 5.69 Å². The molecule has 0 saturated carbocycles. The molecule has 2 aromatic rings. The number of nitrogen functional groups attached to an aromatic ring is 1. The Bertz CT molecular complexity index is 595. The Morgan fingerprint density at radius 1 is 1.47 bits per heavy atom. The van der Waals surface area contributed by atoms with E-state index in [-0.39, 0.29) is 11.6 Å². The third-order valence-corrected chi connectivity index (χ3v) is 4.85. The van der Waals surface area contributed by atoms with Gasteiger partial charge in [0.2, 0.25) is 0 Å². The minimum atomic E-state index is 0.0886. The number of thioether (sulfide) groups is 1. The molecule has 19 heavy (non-hydrogen) atoms. The highest BCUT2D eigenvalue weighted by Crippen LogP contribution is 2.34. The summed E-state index contributed by atoms with van der Waals surface area (Å²) in [5.41, 5.74) is 7.48. The lowest BCUT2D eigenvalue weighted by molar-refractivity contribution is 0.474. The number of nitrogens with two attached hydrogens (primary N) is 1. The Kier molecular flexibility index (Phi) is 4.34. The number of anilines is 1. The lowest BCUT2D eigenvalue weighted by Crippen LogP contribution is -2.08. The Balaban J connectivity index is 2.12. The molecule has 5 N–H and O–H groups in total. The van der Waals surface area contributed by atoms with Gasteiger partial charge in [-0.05, 0) is 30.0 Å². The van der Waals surface area contributed by atoms with Crippen LogP contribution in [0.5, 0.6) is 5.75 Å². The highest BCUT2D eigenvalue weighted by atomic mass is 32.2. The van der Waals surface area contributed by atoms with Gasteiger partial charge < -0.3 is 16.2 Å². The molecule has 0 aliphatic carbocycles. The molecule has 0 aliphatic heterocycles. The molecule has 0 atom stereocenters. The number of amidine groups is 1. The third-order valence-electron chi connectivity index (χ3n) is 2.54. The first-order chi connectivity index (χ1) is 9.10. The molecule has 0 spiro atoms. The highest BCUT2D eigenvalue weighted by Gasteiger charge is 2.10. The van der Waals surface area contributed by atoms with Crippen molar-refractivity contribution >= 4 is 34.6 Å². The second-order valence-electron chi connectivity index (χ2n) is 3.95. The van der Waals surface area contributed by atoms with Crippen molar-refractivity contribution in [3.63, 3.8) is 0 Å². The van der Waals surface area contributed by atoms with Crippen molar-refractivity contribution in [2.24, 2.45) is 5.73 Å². The first-order valence-corrected chi connectivity index (χ1v) is 7.68. The molecule has 1 heterocycles. The van der Waals surface area contributed by atoms with Gasteiger partial charge in [0, 0.05) is 6.54 Å². The number of phenolic OH excluding ortho intramolecular Hbond substituents is 1. The van der Waals surface area contributed by atoms with Gasteiger partial charge in [0.15, 0.2) is 0 Å². The predicted molar refractivity (Wildman–Crippen MR) is 82.5 cm³/mol. The van der Waals surface area contributed by atoms with Crippen molar-refractivity contribution in [3.8, 4) is 5.75 Å². The maximum Gasteiger partial charge on any atom is 0.133 e. The summed E-state index contributed by atoms with van der Waals surface area (Å²) in [6, 6.07) is 9.03. The van der Waals surface area contributed by atoms with E-state index >= 15 is 0 Å². The summed E-state index contributed by atoms with van der Waals surface area (Å²) in [5, 5.41) is 20.2. The van der Waals surface area contributed by atoms with Crippen molar-refractivity contribution in [3.05, 3.63) is 40.8 Å². The number of hydrogen-bond acceptors (Lipinski definition) is 5. The second-order valence-corrected chi connectivity index (χ2v) is 6.08. The number of phenols is 1. The van der Waals surface area contributed by atoms with E-state index in [0.29, 0.717) is 6.54 Å². The molecule has 0 radical (unpaired) electrons. The fourth-order valence-corrected chi connectivity index (χ4v) is 3.33. The summed E-state index contributed by atoms with van der Waals surface area (Å²) in [4.78, 5) is 0.766. The maximum atomic E-state index is 9.41. The summed E-state index contributed by atoms with van der Waals surface area (Å²) in [7, 11) is 0. The Morgan fingerprint density at radius 2 is 2.26 bits per heavy atom. The minimum absolute atomic E-state index is 0.0886. The monoisotopic (exact) mass is 293 g/mol. The Hall–Kier alpha value is -1.66. The average Bonchev–Trinajstić information content (AvgIpc) is 2.80. The zero-order valence-corrected chi connectivity index (χ0v) is 12.1. The number of nitrogens with one attached hydrogen (secondary N) is 2. The fraction of sp³-hybridized carbons (Fsp3) is 0.154. The largest absolute Gasteiger partial charge is 0.508 e. The molecule has 0 fully saturated rings. The van der Waals surface area contributed by atoms with Gasteiger partial charge in [-0.2, -0.15) is 0 Å². The van der Waals surface area contributed by atoms with Crippen molar-refractivity contribution in [2.45, 2.75) is 10.8 Å². The number of hydrogen-bond donors (Lipinski definition) is 4. The highest BCUT2D eigenvalue weighted by molar-refractivity contribution is 8.00. The van der Waals surface area contributed by atoms with Crippen molar-refractivity contribution in [2.75, 3.05) is 11.6 Å². The van der Waals surface area contributed by atoms with Crippen LogP contribution in [0.2, 0.25) is 0 Å². The van der Waals surface area contributed by atoms with Gasteiger partial charge in [0.05, 0.1) is 14.8 Å². The standard InChI is InChI=1S/C13H15N3OS2/c1-18-13-10(6-11(19-13)12(14)15)16-7-8-3-2-4-9(17)5-8/h2-6,16-17H,7H2,1H3,(H3,14,15). The van der Waals surface area contributed by atoms with Crippen molar-refractivity contribution in [1.82, 2.24) is 0 Å². The van der Waals surface area contributed by atoms with Crippen LogP contribution in [0.3, 0.4) is 0 Å². The van der Waals surface area contributed by atoms with E-state index < -0.39 is 0 Å². The molecule has 0 saturated heterocycles. The van der Waals surface area contributed by atoms with Crippen LogP contribution in [-0.4, -0.2) is 17.2 Å². The van der Waals surface area contributed by atoms with Gasteiger partial charge in [-0.3, -0.25) is 5.41 Å². The SMILES string of the molecule is CSc1sc(C(=N)N)cc1NCc1cccc(O)c1. The molecule has 1 aromatic carbocycles. The topological polar surface area (TPSA) is 82.1 Å². The zero-order chi connectivity index (χ0) is 13.8. The molecule has 1 aromatic heterocycles. The van der Waals surface area contributed by atoms with Crippen LogP contribution in [0.15, 0.2) is 34.5 Å². The summed E-state index contributed by atoms with van der Waals surface area (Å²) < 4.78 is 1.10. The Labute approximate surface area is 120 Å². The molecule has 0 unspecified atom stereocenters. The molecule has 2 rings (SSSR count). The van der Waals surface area contributed by atoms with E-state index in [9.17, 15) is 5.11 Å². The van der Waals surface area contributed by atoms with Crippen LogP contribution in [-0.2, 0) is 6.54 Å². The summed E-state index contributed by atoms with van der Waals surface area (Å²) in [6.45, 7) is 0.621. The smallest absolute Gasteiger partial charge is 0.133 e. The number of benzene rings is 1. The van der Waals surface area contributed by atoms with E-state index in [0.717, 1.165) is 20.3 Å². The van der Waals surface area contributed by atoms with E-state index in [1.807, 2.05) is 24.5 Å². The lowest BCUT2D eigenvalue weighted by atomic mass is 10.2. The van der Waals surface area contributed by atoms with Crippen molar-refractivity contribution in [1.29, 1.82) is 5.41 Å². The first kappa shape index (κ1) is 13.8. The van der Waals surface area contributed by atoms with Gasteiger partial charge in [0.1, 0.15) is 11.6 Å². The van der Waals surface area contributed by atoms with Gasteiger partial charge >= 0.3 is 0 Å². The normalized spacial score (nSPS) is 10.4. The van der Waals surface area contributed by atoms with Gasteiger partial charge in [0.25, 0.3) is 0 Å². The molecular formula is C13H15N3OS2. The van der Waals surface area contributed by atoms with Crippen LogP contribution < -0.4 is 11.1 Å². The average molecular weight is 293 g/mol. The van der Waals surface area contributed by atoms with Gasteiger partial charge in [-0.15, -0.1) is 23.1 Å². The van der Waals surface area contributed by atoms with Gasteiger partial charge in [-0.1, -0.05) is 12.1 Å². The fourth-order valence-electron chi connectivity index (χ4n) is 1.65. The van der Waals surface area contributed by atoms with Crippen LogP contribution >= 0.6 is 23.1 Å². The lowest BCUT2D eigenvalue weighted by Gasteiger charge is -2.06. The number of thiophene rings is 1. The molecule has 0 bridgehead atoms. The second kappa shape index (κ2) is 5.99. The summed E-state index contributed by atoms with van der Waals surface area (Å²) >= 11 is 3.13. The third kappa shape index (κ3) is 3.42. The minimum Gasteiger partial charge on any atom is -0.508 e. The maximum absolute atomic E-state index is 9.41. The summed E-state index contributed by atoms with van der Waals surface area (Å²) in [6.07, 6.45) is 2.00. The predicted octanol–water partition coefficient (Wildman–Crippen LogP) is 3.07. The van der Waals surface area contributed by atoms with Crippen LogP contribution in [0, 0.1) is 5.41 Å². The van der Waals surface area contributed by atoms with Crippen LogP contribution in [0.1, 0.15) is 10.4 Å². The quantitative estimate of drug-likeness (QED) is 0.388. The molecule has 6 heteroatoms. The van der Waals surface area contributed by atoms with E-state index in [4.69, 9.17) is 11.1 Å². The van der Waals surface area contributed by atoms with Crippen molar-refractivity contribution < 1.29 is 5.11 Å². The summed E-state index contributed by atoms with van der Waals surface area (Å²) in [5.74, 6) is 0.352. The Morgan fingerprint density at radius 3 is 2.89 bits per heavy atom. The first-order valence-electron chi connectivity index (χ1n) is 5.64. The molecule has 0 amide bonds. The molecule has 4 nitrogen and oxygen atoms in total. The van der Waals surface area contributed by atoms with Crippen LogP contribution in [0.25, 0.3) is 0 Å². The van der Waals surface area contributed by atoms with E-state index in [2.05, 4.69) is 5.32 Å². The molecular weight excluding hydrogens is 278 g/mol. The van der Waals surface area contributed by atoms with E-state index in [1.54, 1.807) is 23.9 Å².